The average Bonchev–Trinajstić information content (AvgIpc) is 2.75. The highest BCUT2D eigenvalue weighted by Crippen LogP contribution is 2.39. The van der Waals surface area contributed by atoms with Crippen molar-refractivity contribution in [1.82, 2.24) is 9.97 Å². The fourth-order valence-corrected chi connectivity index (χ4v) is 4.35. The van der Waals surface area contributed by atoms with Gasteiger partial charge in [-0.1, -0.05) is 91.3 Å². The van der Waals surface area contributed by atoms with Crippen molar-refractivity contribution in [2.24, 2.45) is 0 Å². The summed E-state index contributed by atoms with van der Waals surface area (Å²) in [4.78, 5) is 9.41. The second-order valence-electron chi connectivity index (χ2n) is 10.3. The van der Waals surface area contributed by atoms with Crippen molar-refractivity contribution in [1.29, 1.82) is 0 Å². The molecule has 0 saturated carbocycles. The number of benzene rings is 2. The van der Waals surface area contributed by atoms with Crippen molar-refractivity contribution >= 4 is 23.0 Å². The van der Waals surface area contributed by atoms with Gasteiger partial charge >= 0.3 is 0 Å². The Kier molecular flexibility index (Phi) is 7.78. The molecular weight excluding hydrogens is 404 g/mol. The lowest BCUT2D eigenvalue weighted by molar-refractivity contribution is 0.834. The molecule has 0 bridgehead atoms. The second-order valence-corrected chi connectivity index (χ2v) is 10.3. The summed E-state index contributed by atoms with van der Waals surface area (Å²) in [5, 5.41) is 7.35. The zero-order valence-electron chi connectivity index (χ0n) is 21.7. The minimum Gasteiger partial charge on any atom is -0.337 e. The van der Waals surface area contributed by atoms with Crippen LogP contribution in [-0.4, -0.2) is 9.97 Å². The molecule has 0 spiro atoms. The van der Waals surface area contributed by atoms with Gasteiger partial charge in [0.25, 0.3) is 0 Å². The first-order valence-corrected chi connectivity index (χ1v) is 12.2. The summed E-state index contributed by atoms with van der Waals surface area (Å²) in [6.45, 7) is 20.1. The molecule has 3 rings (SSSR count). The Hall–Kier alpha value is -2.88. The molecule has 33 heavy (non-hydrogen) atoms. The molecule has 0 aliphatic carbocycles. The summed E-state index contributed by atoms with van der Waals surface area (Å²) in [7, 11) is 0. The van der Waals surface area contributed by atoms with Crippen molar-refractivity contribution in [2.75, 3.05) is 10.6 Å². The van der Waals surface area contributed by atoms with Gasteiger partial charge in [-0.15, -0.1) is 0 Å². The highest BCUT2D eigenvalue weighted by Gasteiger charge is 2.19. The first-order chi connectivity index (χ1) is 15.6. The van der Waals surface area contributed by atoms with Gasteiger partial charge in [-0.2, -0.15) is 0 Å². The zero-order chi connectivity index (χ0) is 24.3. The van der Waals surface area contributed by atoms with Crippen LogP contribution in [-0.2, 0) is 0 Å². The maximum Gasteiger partial charge on any atom is 0.173 e. The number of aryl methyl sites for hydroxylation is 1. The summed E-state index contributed by atoms with van der Waals surface area (Å²) in [6.07, 6.45) is 3.51. The van der Waals surface area contributed by atoms with Gasteiger partial charge in [0.15, 0.2) is 11.6 Å². The summed E-state index contributed by atoms with van der Waals surface area (Å²) < 4.78 is 0. The van der Waals surface area contributed by atoms with Crippen LogP contribution in [0.3, 0.4) is 0 Å². The quantitative estimate of drug-likeness (QED) is 0.364. The van der Waals surface area contributed by atoms with Crippen LogP contribution in [0.15, 0.2) is 42.7 Å². The van der Waals surface area contributed by atoms with Gasteiger partial charge in [0, 0.05) is 23.8 Å². The van der Waals surface area contributed by atoms with Gasteiger partial charge < -0.3 is 10.6 Å². The summed E-state index contributed by atoms with van der Waals surface area (Å²) >= 11 is 0. The van der Waals surface area contributed by atoms with Crippen LogP contribution in [0.1, 0.15) is 107 Å². The van der Waals surface area contributed by atoms with E-state index in [0.717, 1.165) is 23.0 Å². The summed E-state index contributed by atoms with van der Waals surface area (Å²) in [5.74, 6) is 3.09. The molecule has 1 aromatic heterocycles. The highest BCUT2D eigenvalue weighted by atomic mass is 15.1. The Bertz CT molecular complexity index is 1040. The van der Waals surface area contributed by atoms with Gasteiger partial charge in [0.2, 0.25) is 0 Å². The van der Waals surface area contributed by atoms with E-state index in [0.29, 0.717) is 23.7 Å². The topological polar surface area (TPSA) is 49.8 Å². The predicted molar refractivity (Wildman–Crippen MR) is 143 cm³/mol. The Morgan fingerprint density at radius 1 is 0.576 bits per heavy atom. The second kappa shape index (κ2) is 10.4. The fourth-order valence-electron chi connectivity index (χ4n) is 4.35. The molecule has 0 aliphatic rings. The van der Waals surface area contributed by atoms with Gasteiger partial charge in [0.05, 0.1) is 0 Å². The SMILES string of the molecule is Cc1cc(C(C)C)c(Nc2nccnc2Nc2c(C(C)C)cccc2C(C)C)c(C(C)C)c1. The lowest BCUT2D eigenvalue weighted by Crippen LogP contribution is -2.10. The molecule has 0 atom stereocenters. The molecule has 0 fully saturated rings. The van der Waals surface area contributed by atoms with Gasteiger partial charge in [-0.3, -0.25) is 0 Å². The van der Waals surface area contributed by atoms with E-state index in [1.54, 1.807) is 12.4 Å². The third-order valence-corrected chi connectivity index (χ3v) is 6.15. The van der Waals surface area contributed by atoms with Gasteiger partial charge in [-0.05, 0) is 52.8 Å². The minimum absolute atomic E-state index is 0.396. The first-order valence-electron chi connectivity index (χ1n) is 12.2. The van der Waals surface area contributed by atoms with E-state index in [2.05, 4.69) is 103 Å². The number of hydrogen-bond donors (Lipinski definition) is 2. The monoisotopic (exact) mass is 444 g/mol. The van der Waals surface area contributed by atoms with Crippen LogP contribution >= 0.6 is 0 Å². The molecule has 0 aliphatic heterocycles. The average molecular weight is 445 g/mol. The third-order valence-electron chi connectivity index (χ3n) is 6.15. The molecule has 4 nitrogen and oxygen atoms in total. The molecule has 0 amide bonds. The number of hydrogen-bond acceptors (Lipinski definition) is 4. The normalized spacial score (nSPS) is 11.7. The van der Waals surface area contributed by atoms with E-state index in [-0.39, 0.29) is 0 Å². The summed E-state index contributed by atoms with van der Waals surface area (Å²) in [6, 6.07) is 11.1. The molecule has 0 unspecified atom stereocenters. The number of aromatic nitrogens is 2. The molecule has 0 saturated heterocycles. The Morgan fingerprint density at radius 2 is 0.939 bits per heavy atom. The van der Waals surface area contributed by atoms with Crippen LogP contribution in [0, 0.1) is 6.92 Å². The molecule has 0 radical (unpaired) electrons. The number of anilines is 4. The zero-order valence-corrected chi connectivity index (χ0v) is 21.7. The van der Waals surface area contributed by atoms with Crippen molar-refractivity contribution in [3.8, 4) is 0 Å². The van der Waals surface area contributed by atoms with E-state index in [1.165, 1.54) is 27.8 Å². The van der Waals surface area contributed by atoms with Crippen LogP contribution < -0.4 is 10.6 Å². The fraction of sp³-hybridized carbons (Fsp3) is 0.448. The highest BCUT2D eigenvalue weighted by molar-refractivity contribution is 5.77. The van der Waals surface area contributed by atoms with Crippen molar-refractivity contribution in [2.45, 2.75) is 86.0 Å². The largest absolute Gasteiger partial charge is 0.337 e. The molecule has 2 aromatic carbocycles. The Balaban J connectivity index is 2.11. The van der Waals surface area contributed by atoms with Crippen LogP contribution in [0.2, 0.25) is 0 Å². The van der Waals surface area contributed by atoms with Crippen molar-refractivity contribution in [3.05, 3.63) is 70.5 Å². The Labute approximate surface area is 200 Å². The van der Waals surface area contributed by atoms with E-state index in [4.69, 9.17) is 9.97 Å². The maximum absolute atomic E-state index is 4.71. The van der Waals surface area contributed by atoms with Crippen LogP contribution in [0.5, 0.6) is 0 Å². The van der Waals surface area contributed by atoms with Crippen LogP contribution in [0.4, 0.5) is 23.0 Å². The number of rotatable bonds is 8. The van der Waals surface area contributed by atoms with Crippen molar-refractivity contribution < 1.29 is 0 Å². The smallest absolute Gasteiger partial charge is 0.173 e. The van der Waals surface area contributed by atoms with E-state index < -0.39 is 0 Å². The van der Waals surface area contributed by atoms with Crippen LogP contribution in [0.25, 0.3) is 0 Å². The predicted octanol–water partition coefficient (Wildman–Crippen LogP) is 8.77. The Morgan fingerprint density at radius 3 is 1.30 bits per heavy atom. The van der Waals surface area contributed by atoms with E-state index >= 15 is 0 Å². The molecule has 2 N–H and O–H groups in total. The standard InChI is InChI=1S/C29H40N4/c1-17(2)22-11-10-12-23(18(3)4)26(22)32-28-29(31-14-13-30-28)33-27-24(19(5)6)15-21(9)16-25(27)20(7)8/h10-20H,1-9H3,(H,30,32)(H,31,33). The number of nitrogens with zero attached hydrogens (tertiary/aromatic N) is 2. The summed E-state index contributed by atoms with van der Waals surface area (Å²) in [5.41, 5.74) is 8.77. The van der Waals surface area contributed by atoms with E-state index in [1.807, 2.05) is 0 Å². The van der Waals surface area contributed by atoms with Gasteiger partial charge in [0.1, 0.15) is 0 Å². The lowest BCUT2D eigenvalue weighted by Gasteiger charge is -2.24. The van der Waals surface area contributed by atoms with E-state index in [9.17, 15) is 0 Å². The molecule has 176 valence electrons. The first kappa shape index (κ1) is 24.8. The molecular formula is C29H40N4. The van der Waals surface area contributed by atoms with Crippen molar-refractivity contribution in [3.63, 3.8) is 0 Å². The lowest BCUT2D eigenvalue weighted by atomic mass is 9.90. The molecule has 1 heterocycles. The molecule has 4 heteroatoms. The minimum atomic E-state index is 0.396. The number of nitrogens with one attached hydrogen (secondary N) is 2. The molecule has 3 aromatic rings. The number of para-hydroxylation sites is 1. The third kappa shape index (κ3) is 5.55. The van der Waals surface area contributed by atoms with Gasteiger partial charge in [-0.25, -0.2) is 9.97 Å². The maximum atomic E-state index is 4.71.